The van der Waals surface area contributed by atoms with Gasteiger partial charge in [-0.05, 0) is 12.5 Å². The molecule has 0 saturated carbocycles. The average Bonchev–Trinajstić information content (AvgIpc) is 2.97. The number of aromatic nitrogens is 1. The third kappa shape index (κ3) is 3.11. The summed E-state index contributed by atoms with van der Waals surface area (Å²) in [4.78, 5) is 13.0. The third-order valence-corrected chi connectivity index (χ3v) is 7.18. The van der Waals surface area contributed by atoms with Crippen LogP contribution in [0.4, 0.5) is 0 Å². The van der Waals surface area contributed by atoms with E-state index < -0.39 is 31.9 Å². The van der Waals surface area contributed by atoms with Gasteiger partial charge >= 0.3 is 5.97 Å². The van der Waals surface area contributed by atoms with Crippen LogP contribution in [0, 0.1) is 0 Å². The predicted octanol–water partition coefficient (Wildman–Crippen LogP) is -0.0894. The van der Waals surface area contributed by atoms with E-state index in [0.717, 1.165) is 16.6 Å². The molecule has 8 nitrogen and oxygen atoms in total. The first-order valence-corrected chi connectivity index (χ1v) is 9.57. The Bertz CT molecular complexity index is 749. The molecule has 1 aliphatic rings. The van der Waals surface area contributed by atoms with Gasteiger partial charge in [0.2, 0.25) is 10.0 Å². The Morgan fingerprint density at radius 2 is 2.19 bits per heavy atom. The molecule has 0 amide bonds. The van der Waals surface area contributed by atoms with Crippen LogP contribution in [0.2, 0.25) is 0 Å². The van der Waals surface area contributed by atoms with Gasteiger partial charge in [-0.3, -0.25) is 0 Å². The summed E-state index contributed by atoms with van der Waals surface area (Å²) < 4.78 is 49.2. The van der Waals surface area contributed by atoms with Gasteiger partial charge in [0.1, 0.15) is 10.6 Å². The van der Waals surface area contributed by atoms with Gasteiger partial charge in [-0.25, -0.2) is 21.6 Å². The summed E-state index contributed by atoms with van der Waals surface area (Å²) in [5.74, 6) is -1.49. The molecule has 10 heteroatoms. The third-order valence-electron chi connectivity index (χ3n) is 3.42. The first kappa shape index (κ1) is 16.0. The van der Waals surface area contributed by atoms with Gasteiger partial charge in [-0.15, -0.1) is 0 Å². The fraction of sp³-hybridized carbons (Fsp3) is 0.545. The fourth-order valence-corrected chi connectivity index (χ4v) is 5.89. The Morgan fingerprint density at radius 1 is 1.52 bits per heavy atom. The molecule has 118 valence electrons. The van der Waals surface area contributed by atoms with Gasteiger partial charge in [-0.1, -0.05) is 6.92 Å². The second kappa shape index (κ2) is 5.43. The first-order chi connectivity index (χ1) is 9.67. The molecule has 0 aromatic carbocycles. The maximum absolute atomic E-state index is 12.5. The number of carbonyl (C=O) groups is 1. The zero-order valence-electron chi connectivity index (χ0n) is 11.3. The van der Waals surface area contributed by atoms with E-state index in [1.807, 2.05) is 0 Å². The molecule has 0 spiro atoms. The Morgan fingerprint density at radius 3 is 2.62 bits per heavy atom. The number of sulfonamides is 1. The summed E-state index contributed by atoms with van der Waals surface area (Å²) in [7, 11) is -7.13. The van der Waals surface area contributed by atoms with Crippen molar-refractivity contribution in [2.24, 2.45) is 0 Å². The number of carboxylic acids is 1. The van der Waals surface area contributed by atoms with E-state index in [-0.39, 0.29) is 35.1 Å². The number of rotatable bonds is 5. The highest BCUT2D eigenvalue weighted by atomic mass is 32.2. The average molecular weight is 336 g/mol. The lowest BCUT2D eigenvalue weighted by Gasteiger charge is -2.25. The summed E-state index contributed by atoms with van der Waals surface area (Å²) in [5, 5.41) is 8.82. The van der Waals surface area contributed by atoms with Crippen molar-refractivity contribution in [3.63, 3.8) is 0 Å². The maximum Gasteiger partial charge on any atom is 0.352 e. The molecule has 2 heterocycles. The number of hydrogen-bond donors (Lipinski definition) is 2. The van der Waals surface area contributed by atoms with E-state index >= 15 is 0 Å². The molecule has 1 aliphatic heterocycles. The number of carboxylic acid groups (broad SMARTS) is 1. The molecule has 0 bridgehead atoms. The van der Waals surface area contributed by atoms with Gasteiger partial charge in [0.15, 0.2) is 9.84 Å². The minimum atomic E-state index is -3.92. The molecule has 1 fully saturated rings. The zero-order valence-corrected chi connectivity index (χ0v) is 12.9. The van der Waals surface area contributed by atoms with Gasteiger partial charge < -0.3 is 10.1 Å². The van der Waals surface area contributed by atoms with Gasteiger partial charge in [0.25, 0.3) is 0 Å². The van der Waals surface area contributed by atoms with Crippen molar-refractivity contribution in [3.05, 3.63) is 18.0 Å². The summed E-state index contributed by atoms with van der Waals surface area (Å²) >= 11 is 0. The molecule has 1 saturated heterocycles. The predicted molar refractivity (Wildman–Crippen MR) is 74.4 cm³/mol. The van der Waals surface area contributed by atoms with E-state index in [1.165, 1.54) is 0 Å². The van der Waals surface area contributed by atoms with Crippen molar-refractivity contribution in [2.75, 3.05) is 18.1 Å². The fourth-order valence-electron chi connectivity index (χ4n) is 2.41. The van der Waals surface area contributed by atoms with E-state index in [1.54, 1.807) is 6.92 Å². The van der Waals surface area contributed by atoms with Crippen LogP contribution in [0.5, 0.6) is 0 Å². The second-order valence-corrected chi connectivity index (χ2v) is 8.94. The maximum atomic E-state index is 12.5. The molecule has 21 heavy (non-hydrogen) atoms. The number of aromatic amines is 1. The Hall–Kier alpha value is -1.39. The monoisotopic (exact) mass is 336 g/mol. The molecule has 2 rings (SSSR count). The number of H-pyrrole nitrogens is 1. The van der Waals surface area contributed by atoms with Crippen LogP contribution in [-0.4, -0.2) is 61.3 Å². The molecule has 0 radical (unpaired) electrons. The van der Waals surface area contributed by atoms with Gasteiger partial charge in [0, 0.05) is 18.8 Å². The highest BCUT2D eigenvalue weighted by Gasteiger charge is 2.38. The molecule has 2 N–H and O–H groups in total. The topological polar surface area (TPSA) is 125 Å². The Balaban J connectivity index is 2.33. The van der Waals surface area contributed by atoms with Crippen molar-refractivity contribution in [1.82, 2.24) is 9.29 Å². The number of nitrogens with zero attached hydrogens (tertiary/aromatic N) is 1. The molecule has 1 aromatic heterocycles. The van der Waals surface area contributed by atoms with Crippen LogP contribution in [0.1, 0.15) is 23.8 Å². The van der Waals surface area contributed by atoms with Gasteiger partial charge in [-0.2, -0.15) is 4.31 Å². The Kier molecular flexibility index (Phi) is 4.13. The quantitative estimate of drug-likeness (QED) is 0.774. The summed E-state index contributed by atoms with van der Waals surface area (Å²) in [6.07, 6.45) is 1.36. The SMILES string of the molecule is CCN(C1CCS(=O)(=O)C1)S(=O)(=O)c1c[nH]c(C(=O)O)c1. The smallest absolute Gasteiger partial charge is 0.352 e. The Labute approximate surface area is 122 Å². The first-order valence-electron chi connectivity index (χ1n) is 6.31. The van der Waals surface area contributed by atoms with Crippen LogP contribution < -0.4 is 0 Å². The zero-order chi connectivity index (χ0) is 15.8. The lowest BCUT2D eigenvalue weighted by atomic mass is 10.3. The molecular formula is C11H16N2O6S2. The molecular weight excluding hydrogens is 320 g/mol. The van der Waals surface area contributed by atoms with Gasteiger partial charge in [0.05, 0.1) is 11.5 Å². The van der Waals surface area contributed by atoms with Crippen molar-refractivity contribution >= 4 is 25.8 Å². The standard InChI is InChI=1S/C11H16N2O6S2/c1-2-13(8-3-4-20(16,17)7-8)21(18,19)9-5-10(11(14)15)12-6-9/h5-6,8,12H,2-4,7H2,1H3,(H,14,15). The van der Waals surface area contributed by atoms with E-state index in [4.69, 9.17) is 5.11 Å². The normalized spacial score (nSPS) is 21.7. The van der Waals surface area contributed by atoms with Crippen LogP contribution in [0.25, 0.3) is 0 Å². The van der Waals surface area contributed by atoms with Crippen LogP contribution in [0.15, 0.2) is 17.2 Å². The van der Waals surface area contributed by atoms with E-state index in [9.17, 15) is 21.6 Å². The van der Waals surface area contributed by atoms with Crippen LogP contribution in [0.3, 0.4) is 0 Å². The molecule has 1 aromatic rings. The van der Waals surface area contributed by atoms with Crippen molar-refractivity contribution < 1.29 is 26.7 Å². The molecule has 1 atom stereocenters. The highest BCUT2D eigenvalue weighted by molar-refractivity contribution is 7.92. The minimum absolute atomic E-state index is 0.0306. The summed E-state index contributed by atoms with van der Waals surface area (Å²) in [5.41, 5.74) is -0.233. The highest BCUT2D eigenvalue weighted by Crippen LogP contribution is 2.25. The van der Waals surface area contributed by atoms with Crippen molar-refractivity contribution in [3.8, 4) is 0 Å². The molecule has 1 unspecified atom stereocenters. The second-order valence-electron chi connectivity index (χ2n) is 4.82. The van der Waals surface area contributed by atoms with Crippen molar-refractivity contribution in [1.29, 1.82) is 0 Å². The van der Waals surface area contributed by atoms with E-state index in [2.05, 4.69) is 4.98 Å². The number of aromatic carboxylic acids is 1. The lowest BCUT2D eigenvalue weighted by Crippen LogP contribution is -2.40. The minimum Gasteiger partial charge on any atom is -0.477 e. The lowest BCUT2D eigenvalue weighted by molar-refractivity contribution is 0.0691. The van der Waals surface area contributed by atoms with E-state index in [0.29, 0.717) is 0 Å². The number of hydrogen-bond acceptors (Lipinski definition) is 5. The van der Waals surface area contributed by atoms with Crippen molar-refractivity contribution in [2.45, 2.75) is 24.3 Å². The summed E-state index contributed by atoms with van der Waals surface area (Å²) in [6.45, 7) is 1.74. The molecule has 0 aliphatic carbocycles. The number of sulfone groups is 1. The largest absolute Gasteiger partial charge is 0.477 e. The van der Waals surface area contributed by atoms with Crippen LogP contribution in [-0.2, 0) is 19.9 Å². The number of nitrogens with one attached hydrogen (secondary N) is 1. The van der Waals surface area contributed by atoms with Crippen LogP contribution >= 0.6 is 0 Å². The summed E-state index contributed by atoms with van der Waals surface area (Å²) in [6, 6.07) is 0.428.